The predicted octanol–water partition coefficient (Wildman–Crippen LogP) is 4.35. The van der Waals surface area contributed by atoms with Crippen molar-refractivity contribution in [2.75, 3.05) is 31.3 Å². The highest BCUT2D eigenvalue weighted by atomic mass is 32.1. The highest BCUT2D eigenvalue weighted by Crippen LogP contribution is 2.38. The number of benzene rings is 1. The van der Waals surface area contributed by atoms with Crippen molar-refractivity contribution in [2.45, 2.75) is 32.8 Å². The number of carbonyl (C=O) groups is 2. The van der Waals surface area contributed by atoms with Crippen LogP contribution in [0.25, 0.3) is 22.0 Å². The zero-order valence-corrected chi connectivity index (χ0v) is 20.0. The largest absolute Gasteiger partial charge is 0.479 e. The lowest BCUT2D eigenvalue weighted by Crippen LogP contribution is -2.47. The second kappa shape index (κ2) is 11.2. The molecule has 0 radical (unpaired) electrons. The van der Waals surface area contributed by atoms with E-state index < -0.39 is 12.1 Å². The van der Waals surface area contributed by atoms with Crippen LogP contribution in [-0.4, -0.2) is 54.3 Å². The first-order valence-corrected chi connectivity index (χ1v) is 12.2. The van der Waals surface area contributed by atoms with Crippen molar-refractivity contribution < 1.29 is 23.8 Å². The molecule has 4 rings (SSSR count). The summed E-state index contributed by atoms with van der Waals surface area (Å²) in [4.78, 5) is 35.8. The van der Waals surface area contributed by atoms with Crippen LogP contribution in [0.5, 0.6) is 5.75 Å². The number of esters is 1. The molecular weight excluding hydrogens is 454 g/mol. The maximum absolute atomic E-state index is 12.9. The monoisotopic (exact) mass is 481 g/mol. The molecule has 2 aromatic heterocycles. The molecule has 1 atom stereocenters. The van der Waals surface area contributed by atoms with Gasteiger partial charge in [-0.1, -0.05) is 19.4 Å². The fourth-order valence-corrected chi connectivity index (χ4v) is 4.28. The lowest BCUT2D eigenvalue weighted by molar-refractivity contribution is -0.144. The summed E-state index contributed by atoms with van der Waals surface area (Å²) >= 11 is 1.49. The Balaban J connectivity index is 1.49. The van der Waals surface area contributed by atoms with E-state index in [-0.39, 0.29) is 19.1 Å². The van der Waals surface area contributed by atoms with E-state index in [0.717, 1.165) is 34.8 Å². The molecule has 0 spiro atoms. The lowest BCUT2D eigenvalue weighted by Gasteiger charge is -2.32. The number of nitrogens with zero attached hydrogens (tertiary/aromatic N) is 3. The first kappa shape index (κ1) is 23.8. The van der Waals surface area contributed by atoms with E-state index in [2.05, 4.69) is 11.9 Å². The first-order valence-electron chi connectivity index (χ1n) is 11.3. The summed E-state index contributed by atoms with van der Waals surface area (Å²) in [6.07, 6.45) is 3.05. The van der Waals surface area contributed by atoms with Crippen LogP contribution in [0.1, 0.15) is 26.7 Å². The zero-order valence-electron chi connectivity index (χ0n) is 19.2. The van der Waals surface area contributed by atoms with E-state index in [0.29, 0.717) is 24.7 Å². The molecular formula is C25H27N3O5S. The number of pyridine rings is 1. The van der Waals surface area contributed by atoms with Gasteiger partial charge in [-0.25, -0.2) is 4.98 Å². The molecule has 0 bridgehead atoms. The van der Waals surface area contributed by atoms with Crippen LogP contribution in [0, 0.1) is 0 Å². The van der Waals surface area contributed by atoms with Crippen molar-refractivity contribution in [2.24, 2.45) is 0 Å². The van der Waals surface area contributed by atoms with Crippen molar-refractivity contribution in [3.8, 4) is 27.7 Å². The molecule has 3 heterocycles. The van der Waals surface area contributed by atoms with Gasteiger partial charge in [0.15, 0.2) is 6.10 Å². The van der Waals surface area contributed by atoms with Crippen molar-refractivity contribution >= 4 is 28.9 Å². The molecule has 178 valence electrons. The number of rotatable bonds is 10. The van der Waals surface area contributed by atoms with Crippen LogP contribution < -0.4 is 9.64 Å². The summed E-state index contributed by atoms with van der Waals surface area (Å²) < 4.78 is 16.5. The molecule has 1 aromatic carbocycles. The number of anilines is 1. The van der Waals surface area contributed by atoms with Gasteiger partial charge >= 0.3 is 5.97 Å². The number of hydrogen-bond donors (Lipinski definition) is 0. The third kappa shape index (κ3) is 5.60. The molecule has 34 heavy (non-hydrogen) atoms. The normalized spacial score (nSPS) is 15.1. The van der Waals surface area contributed by atoms with E-state index in [1.165, 1.54) is 16.2 Å². The average molecular weight is 482 g/mol. The number of unbranched alkanes of at least 4 members (excludes halogenated alkanes) is 1. The van der Waals surface area contributed by atoms with Crippen LogP contribution in [0.15, 0.2) is 48.0 Å². The summed E-state index contributed by atoms with van der Waals surface area (Å²) in [7, 11) is 0. The number of hydrogen-bond acceptors (Lipinski definition) is 8. The van der Waals surface area contributed by atoms with Crippen LogP contribution in [0.2, 0.25) is 0 Å². The second-order valence-corrected chi connectivity index (χ2v) is 8.66. The fraction of sp³-hybridized carbons (Fsp3) is 0.360. The summed E-state index contributed by atoms with van der Waals surface area (Å²) in [5.41, 5.74) is 2.88. The van der Waals surface area contributed by atoms with Crippen molar-refractivity contribution in [3.05, 3.63) is 48.0 Å². The minimum absolute atomic E-state index is 0.151. The van der Waals surface area contributed by atoms with Gasteiger partial charge in [-0.3, -0.25) is 19.5 Å². The third-order valence-corrected chi connectivity index (χ3v) is 6.14. The van der Waals surface area contributed by atoms with Crippen molar-refractivity contribution in [3.63, 3.8) is 0 Å². The van der Waals surface area contributed by atoms with Gasteiger partial charge in [-0.15, -0.1) is 11.3 Å². The second-order valence-electron chi connectivity index (χ2n) is 7.81. The average Bonchev–Trinajstić information content (AvgIpc) is 3.35. The molecule has 0 aliphatic carbocycles. The number of fused-ring (bicyclic) bond motifs is 1. The smallest absolute Gasteiger partial charge is 0.326 e. The van der Waals surface area contributed by atoms with Crippen LogP contribution in [0.4, 0.5) is 5.69 Å². The molecule has 0 saturated heterocycles. The zero-order chi connectivity index (χ0) is 23.9. The standard InChI is InChI=1S/C25H27N3O5S/c1-3-4-11-31-12-13-32-23(29)15-28-21-14-18(8-9-22(21)33-17(2)25(28)30)20-16-34-24(27-20)19-7-5-6-10-26-19/h5-10,14,16-17H,3-4,11-13,15H2,1-2H3. The quantitative estimate of drug-likeness (QED) is 0.314. The Morgan fingerprint density at radius 3 is 2.85 bits per heavy atom. The molecule has 1 unspecified atom stereocenters. The Kier molecular flexibility index (Phi) is 7.87. The Bertz CT molecular complexity index is 1130. The third-order valence-electron chi connectivity index (χ3n) is 5.27. The number of aromatic nitrogens is 2. The maximum atomic E-state index is 12.9. The minimum atomic E-state index is -0.696. The Morgan fingerprint density at radius 2 is 2.06 bits per heavy atom. The summed E-state index contributed by atoms with van der Waals surface area (Å²) in [5, 5.41) is 2.74. The molecule has 1 aliphatic rings. The van der Waals surface area contributed by atoms with Gasteiger partial charge in [0.25, 0.3) is 5.91 Å². The minimum Gasteiger partial charge on any atom is -0.479 e. The van der Waals surface area contributed by atoms with E-state index in [4.69, 9.17) is 19.2 Å². The summed E-state index contributed by atoms with van der Waals surface area (Å²) in [6.45, 7) is 4.68. The summed E-state index contributed by atoms with van der Waals surface area (Å²) in [6, 6.07) is 11.2. The van der Waals surface area contributed by atoms with Crippen LogP contribution >= 0.6 is 11.3 Å². The molecule has 0 fully saturated rings. The molecule has 9 heteroatoms. The highest BCUT2D eigenvalue weighted by Gasteiger charge is 2.33. The Labute approximate surface area is 202 Å². The fourth-order valence-electron chi connectivity index (χ4n) is 3.48. The predicted molar refractivity (Wildman–Crippen MR) is 130 cm³/mol. The van der Waals surface area contributed by atoms with Gasteiger partial charge < -0.3 is 14.2 Å². The van der Waals surface area contributed by atoms with E-state index in [1.807, 2.05) is 35.7 Å². The molecule has 0 saturated carbocycles. The van der Waals surface area contributed by atoms with E-state index >= 15 is 0 Å². The number of thiazole rings is 1. The number of ether oxygens (including phenoxy) is 3. The SMILES string of the molecule is CCCCOCCOC(=O)CN1C(=O)C(C)Oc2ccc(-c3csc(-c4ccccn4)n3)cc21. The van der Waals surface area contributed by atoms with Gasteiger partial charge in [0.05, 0.1) is 23.7 Å². The first-order chi connectivity index (χ1) is 16.6. The van der Waals surface area contributed by atoms with Crippen molar-refractivity contribution in [1.82, 2.24) is 9.97 Å². The van der Waals surface area contributed by atoms with Crippen molar-refractivity contribution in [1.29, 1.82) is 0 Å². The van der Waals surface area contributed by atoms with E-state index in [1.54, 1.807) is 19.2 Å². The van der Waals surface area contributed by atoms with Crippen LogP contribution in [-0.2, 0) is 19.1 Å². The Morgan fingerprint density at radius 1 is 1.18 bits per heavy atom. The van der Waals surface area contributed by atoms with Gasteiger partial charge in [0.2, 0.25) is 0 Å². The van der Waals surface area contributed by atoms with Gasteiger partial charge in [0, 0.05) is 23.7 Å². The van der Waals surface area contributed by atoms with Gasteiger partial charge in [-0.05, 0) is 43.7 Å². The summed E-state index contributed by atoms with van der Waals surface area (Å²) in [5.74, 6) is -0.260. The molecule has 1 aliphatic heterocycles. The molecule has 8 nitrogen and oxygen atoms in total. The van der Waals surface area contributed by atoms with Gasteiger partial charge in [-0.2, -0.15) is 0 Å². The van der Waals surface area contributed by atoms with E-state index in [9.17, 15) is 9.59 Å². The number of carbonyl (C=O) groups excluding carboxylic acids is 2. The topological polar surface area (TPSA) is 90.9 Å². The molecule has 1 amide bonds. The lowest BCUT2D eigenvalue weighted by atomic mass is 10.1. The number of amides is 1. The highest BCUT2D eigenvalue weighted by molar-refractivity contribution is 7.13. The molecule has 0 N–H and O–H groups in total. The van der Waals surface area contributed by atoms with Crippen LogP contribution in [0.3, 0.4) is 0 Å². The molecule has 3 aromatic rings. The maximum Gasteiger partial charge on any atom is 0.326 e. The van der Waals surface area contributed by atoms with Gasteiger partial charge in [0.1, 0.15) is 23.9 Å². The Hall–Kier alpha value is -3.30.